The van der Waals surface area contributed by atoms with Gasteiger partial charge in [-0.3, -0.25) is 10.1 Å². The van der Waals surface area contributed by atoms with Gasteiger partial charge in [0.05, 0.1) is 18.1 Å². The SMILES string of the molecule is CCOc1ccc(Nc2nc(N)c([N+](=O)[O-])c(Nc3ccc(OCC)cc3)n2)cc1. The maximum atomic E-state index is 11.5. The summed E-state index contributed by atoms with van der Waals surface area (Å²) in [5.41, 5.74) is 6.71. The molecule has 156 valence electrons. The summed E-state index contributed by atoms with van der Waals surface area (Å²) in [6, 6.07) is 14.1. The molecule has 3 aromatic rings. The summed E-state index contributed by atoms with van der Waals surface area (Å²) in [6.45, 7) is 4.90. The molecule has 1 aromatic heterocycles. The highest BCUT2D eigenvalue weighted by molar-refractivity contribution is 5.75. The zero-order chi connectivity index (χ0) is 21.5. The molecule has 0 atom stereocenters. The maximum Gasteiger partial charge on any atom is 0.353 e. The van der Waals surface area contributed by atoms with Crippen molar-refractivity contribution < 1.29 is 14.4 Å². The Balaban J connectivity index is 1.87. The molecule has 0 saturated carbocycles. The number of nitrogens with two attached hydrogens (primary N) is 1. The van der Waals surface area contributed by atoms with E-state index in [1.807, 2.05) is 13.8 Å². The minimum Gasteiger partial charge on any atom is -0.494 e. The van der Waals surface area contributed by atoms with Gasteiger partial charge in [-0.05, 0) is 62.4 Å². The van der Waals surface area contributed by atoms with Crippen LogP contribution in [-0.2, 0) is 0 Å². The zero-order valence-corrected chi connectivity index (χ0v) is 16.6. The summed E-state index contributed by atoms with van der Waals surface area (Å²) in [5, 5.41) is 17.4. The second kappa shape index (κ2) is 9.41. The normalized spacial score (nSPS) is 10.3. The number of rotatable bonds is 9. The predicted octanol–water partition coefficient (Wildman–Crippen LogP) is 4.25. The third-order valence-corrected chi connectivity index (χ3v) is 3.94. The number of benzene rings is 2. The fraction of sp³-hybridized carbons (Fsp3) is 0.200. The van der Waals surface area contributed by atoms with Crippen molar-refractivity contribution in [3.8, 4) is 11.5 Å². The lowest BCUT2D eigenvalue weighted by Gasteiger charge is -2.11. The van der Waals surface area contributed by atoms with Gasteiger partial charge in [-0.15, -0.1) is 0 Å². The predicted molar refractivity (Wildman–Crippen MR) is 115 cm³/mol. The maximum absolute atomic E-state index is 11.5. The number of hydrogen-bond acceptors (Lipinski definition) is 9. The second-order valence-electron chi connectivity index (χ2n) is 6.05. The molecule has 0 radical (unpaired) electrons. The molecule has 1 heterocycles. The van der Waals surface area contributed by atoms with E-state index in [0.29, 0.717) is 30.3 Å². The van der Waals surface area contributed by atoms with Crippen molar-refractivity contribution in [2.24, 2.45) is 0 Å². The van der Waals surface area contributed by atoms with E-state index in [-0.39, 0.29) is 17.6 Å². The Hall–Kier alpha value is -4.08. The Bertz CT molecular complexity index is 1010. The number of anilines is 5. The summed E-state index contributed by atoms with van der Waals surface area (Å²) < 4.78 is 10.8. The van der Waals surface area contributed by atoms with Crippen LogP contribution in [0.4, 0.5) is 34.6 Å². The van der Waals surface area contributed by atoms with Crippen LogP contribution in [0, 0.1) is 10.1 Å². The Morgan fingerprint density at radius 1 is 0.900 bits per heavy atom. The van der Waals surface area contributed by atoms with E-state index >= 15 is 0 Å². The van der Waals surface area contributed by atoms with Crippen molar-refractivity contribution in [2.75, 3.05) is 29.6 Å². The molecule has 0 aliphatic carbocycles. The Kier molecular flexibility index (Phi) is 6.48. The number of nitro groups is 1. The van der Waals surface area contributed by atoms with E-state index in [2.05, 4.69) is 20.6 Å². The lowest BCUT2D eigenvalue weighted by atomic mass is 10.3. The zero-order valence-electron chi connectivity index (χ0n) is 16.6. The van der Waals surface area contributed by atoms with Crippen LogP contribution >= 0.6 is 0 Å². The Morgan fingerprint density at radius 3 is 1.87 bits per heavy atom. The number of nitrogens with zero attached hydrogens (tertiary/aromatic N) is 3. The van der Waals surface area contributed by atoms with Crippen molar-refractivity contribution in [3.63, 3.8) is 0 Å². The van der Waals surface area contributed by atoms with Crippen molar-refractivity contribution in [1.82, 2.24) is 9.97 Å². The van der Waals surface area contributed by atoms with Gasteiger partial charge in [0.25, 0.3) is 0 Å². The van der Waals surface area contributed by atoms with E-state index in [1.54, 1.807) is 48.5 Å². The van der Waals surface area contributed by atoms with Gasteiger partial charge in [-0.25, -0.2) is 0 Å². The monoisotopic (exact) mass is 410 g/mol. The van der Waals surface area contributed by atoms with Gasteiger partial charge in [0, 0.05) is 11.4 Å². The summed E-state index contributed by atoms with van der Waals surface area (Å²) in [6.07, 6.45) is 0. The largest absolute Gasteiger partial charge is 0.494 e. The molecular weight excluding hydrogens is 388 g/mol. The number of nitrogens with one attached hydrogen (secondary N) is 2. The molecule has 0 amide bonds. The topological polar surface area (TPSA) is 137 Å². The van der Waals surface area contributed by atoms with Crippen molar-refractivity contribution >= 4 is 34.6 Å². The molecule has 3 rings (SSSR count). The van der Waals surface area contributed by atoms with E-state index in [9.17, 15) is 10.1 Å². The fourth-order valence-electron chi connectivity index (χ4n) is 2.66. The molecule has 0 aliphatic rings. The van der Waals surface area contributed by atoms with Crippen LogP contribution in [0.3, 0.4) is 0 Å². The molecule has 10 nitrogen and oxygen atoms in total. The molecule has 0 bridgehead atoms. The molecule has 2 aromatic carbocycles. The fourth-order valence-corrected chi connectivity index (χ4v) is 2.66. The summed E-state index contributed by atoms with van der Waals surface area (Å²) in [4.78, 5) is 19.1. The summed E-state index contributed by atoms with van der Waals surface area (Å²) in [7, 11) is 0. The first kappa shape index (κ1) is 20.6. The Labute approximate surface area is 173 Å². The standard InChI is InChI=1S/C20H22N6O4/c1-3-29-15-9-5-13(6-10-15)22-19-17(26(27)28)18(21)24-20(25-19)23-14-7-11-16(12-8-14)30-4-2/h5-12H,3-4H2,1-2H3,(H4,21,22,23,24,25). The van der Waals surface area contributed by atoms with Gasteiger partial charge in [-0.2, -0.15) is 9.97 Å². The van der Waals surface area contributed by atoms with Gasteiger partial charge in [-0.1, -0.05) is 0 Å². The van der Waals surface area contributed by atoms with Crippen LogP contribution in [0.25, 0.3) is 0 Å². The van der Waals surface area contributed by atoms with E-state index < -0.39 is 10.6 Å². The van der Waals surface area contributed by atoms with Crippen LogP contribution in [0.1, 0.15) is 13.8 Å². The van der Waals surface area contributed by atoms with Gasteiger partial charge in [0.15, 0.2) is 0 Å². The molecule has 10 heteroatoms. The first-order valence-electron chi connectivity index (χ1n) is 9.31. The van der Waals surface area contributed by atoms with Crippen LogP contribution < -0.4 is 25.8 Å². The minimum absolute atomic E-state index is 0.0231. The lowest BCUT2D eigenvalue weighted by molar-refractivity contribution is -0.383. The first-order chi connectivity index (χ1) is 14.5. The van der Waals surface area contributed by atoms with Gasteiger partial charge >= 0.3 is 5.69 Å². The number of aromatic nitrogens is 2. The summed E-state index contributed by atoms with van der Waals surface area (Å²) in [5.74, 6) is 1.26. The highest BCUT2D eigenvalue weighted by atomic mass is 16.6. The molecule has 0 fully saturated rings. The van der Waals surface area contributed by atoms with Crippen molar-refractivity contribution in [2.45, 2.75) is 13.8 Å². The number of hydrogen-bond donors (Lipinski definition) is 3. The third-order valence-electron chi connectivity index (χ3n) is 3.94. The van der Waals surface area contributed by atoms with Crippen LogP contribution in [0.15, 0.2) is 48.5 Å². The van der Waals surface area contributed by atoms with Gasteiger partial charge in [0.1, 0.15) is 11.5 Å². The van der Waals surface area contributed by atoms with Crippen LogP contribution in [0.2, 0.25) is 0 Å². The molecule has 0 spiro atoms. The third kappa shape index (κ3) is 5.04. The van der Waals surface area contributed by atoms with Gasteiger partial charge in [0.2, 0.25) is 17.6 Å². The highest BCUT2D eigenvalue weighted by Crippen LogP contribution is 2.32. The average Bonchev–Trinajstić information content (AvgIpc) is 2.71. The van der Waals surface area contributed by atoms with E-state index in [0.717, 1.165) is 5.75 Å². The van der Waals surface area contributed by atoms with Crippen molar-refractivity contribution in [3.05, 3.63) is 58.6 Å². The van der Waals surface area contributed by atoms with Crippen LogP contribution in [0.5, 0.6) is 11.5 Å². The number of nitrogen functional groups attached to an aromatic ring is 1. The molecular formula is C20H22N6O4. The van der Waals surface area contributed by atoms with E-state index in [1.165, 1.54) is 0 Å². The molecule has 30 heavy (non-hydrogen) atoms. The Morgan fingerprint density at radius 2 is 1.40 bits per heavy atom. The highest BCUT2D eigenvalue weighted by Gasteiger charge is 2.23. The molecule has 4 N–H and O–H groups in total. The first-order valence-corrected chi connectivity index (χ1v) is 9.31. The smallest absolute Gasteiger partial charge is 0.353 e. The second-order valence-corrected chi connectivity index (χ2v) is 6.05. The number of ether oxygens (including phenoxy) is 2. The average molecular weight is 410 g/mol. The lowest BCUT2D eigenvalue weighted by Crippen LogP contribution is -2.08. The van der Waals surface area contributed by atoms with E-state index in [4.69, 9.17) is 15.2 Å². The van der Waals surface area contributed by atoms with Gasteiger partial charge < -0.3 is 25.8 Å². The molecule has 0 saturated heterocycles. The minimum atomic E-state index is -0.618. The quantitative estimate of drug-likeness (QED) is 0.349. The summed E-state index contributed by atoms with van der Waals surface area (Å²) >= 11 is 0. The molecule has 0 aliphatic heterocycles. The van der Waals surface area contributed by atoms with Crippen LogP contribution in [-0.4, -0.2) is 28.1 Å². The van der Waals surface area contributed by atoms with Crippen molar-refractivity contribution in [1.29, 1.82) is 0 Å². The molecule has 0 unspecified atom stereocenters.